The van der Waals surface area contributed by atoms with Crippen LogP contribution in [-0.4, -0.2) is 46.0 Å². The summed E-state index contributed by atoms with van der Waals surface area (Å²) in [7, 11) is 0. The van der Waals surface area contributed by atoms with E-state index in [-0.39, 0.29) is 25.0 Å². The lowest BCUT2D eigenvalue weighted by Gasteiger charge is -2.28. The third-order valence-electron chi connectivity index (χ3n) is 6.80. The van der Waals surface area contributed by atoms with Gasteiger partial charge in [0.05, 0.1) is 6.04 Å². The molecule has 1 fully saturated rings. The van der Waals surface area contributed by atoms with E-state index >= 15 is 0 Å². The molecule has 2 aromatic rings. The fourth-order valence-electron chi connectivity index (χ4n) is 4.81. The number of carbonyl (C=O) groups is 4. The van der Waals surface area contributed by atoms with Gasteiger partial charge in [0.15, 0.2) is 17.7 Å². The Labute approximate surface area is 210 Å². The number of pyridine rings is 1. The summed E-state index contributed by atoms with van der Waals surface area (Å²) in [6, 6.07) is 10.3. The van der Waals surface area contributed by atoms with Crippen molar-refractivity contribution < 1.29 is 29.0 Å². The summed E-state index contributed by atoms with van der Waals surface area (Å²) < 4.78 is 0.684. The van der Waals surface area contributed by atoms with Crippen molar-refractivity contribution in [3.8, 4) is 0 Å². The van der Waals surface area contributed by atoms with Crippen LogP contribution in [0.25, 0.3) is 0 Å². The lowest BCUT2D eigenvalue weighted by atomic mass is 9.93. The smallest absolute Gasteiger partial charge is 0.372 e. The molecule has 0 spiro atoms. The number of nitrogens with two attached hydrogens (primary N) is 1. The van der Waals surface area contributed by atoms with Crippen molar-refractivity contribution in [1.29, 1.82) is 0 Å². The summed E-state index contributed by atoms with van der Waals surface area (Å²) in [6.45, 7) is 2.73. The highest BCUT2D eigenvalue weighted by molar-refractivity contribution is 6.33. The molecule has 0 saturated carbocycles. The summed E-state index contributed by atoms with van der Waals surface area (Å²) in [4.78, 5) is 51.3. The first-order valence-electron chi connectivity index (χ1n) is 12.3. The van der Waals surface area contributed by atoms with E-state index in [0.29, 0.717) is 42.8 Å². The number of benzene rings is 1. The van der Waals surface area contributed by atoms with Crippen molar-refractivity contribution in [1.82, 2.24) is 4.90 Å². The van der Waals surface area contributed by atoms with Gasteiger partial charge in [-0.25, -0.2) is 4.79 Å². The number of ketones is 2. The zero-order valence-electron chi connectivity index (χ0n) is 20.5. The quantitative estimate of drug-likeness (QED) is 0.260. The average molecular weight is 496 g/mol. The molecule has 1 saturated heterocycles. The molecule has 3 N–H and O–H groups in total. The number of aryl methyl sites for hydroxylation is 3. The van der Waals surface area contributed by atoms with Gasteiger partial charge >= 0.3 is 5.97 Å². The van der Waals surface area contributed by atoms with Crippen LogP contribution in [0.3, 0.4) is 0 Å². The molecule has 1 aromatic heterocycles. The molecule has 0 bridgehead atoms. The Hall–Kier alpha value is -3.59. The predicted octanol–water partition coefficient (Wildman–Crippen LogP) is 1.87. The van der Waals surface area contributed by atoms with Crippen LogP contribution in [0.2, 0.25) is 0 Å². The van der Waals surface area contributed by atoms with Crippen LogP contribution in [0.1, 0.15) is 54.5 Å². The number of carbonyl (C=O) groups excluding carboxylic acids is 3. The monoisotopic (exact) mass is 495 g/mol. The molecular weight excluding hydrogens is 462 g/mol. The maximum atomic E-state index is 13.5. The van der Waals surface area contributed by atoms with Crippen molar-refractivity contribution in [3.05, 3.63) is 70.2 Å². The maximum Gasteiger partial charge on any atom is 0.372 e. The Balaban J connectivity index is 1.71. The van der Waals surface area contributed by atoms with Crippen LogP contribution in [0.5, 0.6) is 0 Å². The van der Waals surface area contributed by atoms with Gasteiger partial charge in [-0.3, -0.25) is 14.4 Å². The normalized spacial score (nSPS) is 16.1. The molecule has 0 aliphatic carbocycles. The Morgan fingerprint density at radius 1 is 1.17 bits per heavy atom. The van der Waals surface area contributed by atoms with E-state index in [0.717, 1.165) is 16.7 Å². The third-order valence-corrected chi connectivity index (χ3v) is 6.80. The van der Waals surface area contributed by atoms with Crippen LogP contribution in [0.4, 0.5) is 0 Å². The van der Waals surface area contributed by atoms with Gasteiger partial charge in [0.2, 0.25) is 11.7 Å². The number of carboxylic acids is 1. The number of aromatic nitrogens is 1. The minimum absolute atomic E-state index is 0.0610. The number of hydrogen-bond acceptors (Lipinski definition) is 6. The van der Waals surface area contributed by atoms with Gasteiger partial charge in [-0.2, -0.15) is 4.73 Å². The van der Waals surface area contributed by atoms with E-state index in [4.69, 9.17) is 10.8 Å². The van der Waals surface area contributed by atoms with Crippen molar-refractivity contribution in [2.24, 2.45) is 11.7 Å². The highest BCUT2D eigenvalue weighted by Crippen LogP contribution is 2.26. The third kappa shape index (κ3) is 6.75. The Bertz CT molecular complexity index is 1130. The first-order chi connectivity index (χ1) is 17.2. The van der Waals surface area contributed by atoms with Crippen molar-refractivity contribution >= 4 is 23.4 Å². The molecule has 36 heavy (non-hydrogen) atoms. The largest absolute Gasteiger partial charge is 0.619 e. The number of nitrogens with zero attached hydrogens (tertiary/aromatic N) is 2. The lowest BCUT2D eigenvalue weighted by molar-refractivity contribution is -0.614. The van der Waals surface area contributed by atoms with Crippen LogP contribution in [-0.2, 0) is 38.6 Å². The molecule has 1 aliphatic rings. The Morgan fingerprint density at radius 2 is 1.94 bits per heavy atom. The number of rotatable bonds is 12. The molecule has 1 amide bonds. The lowest BCUT2D eigenvalue weighted by Crippen LogP contribution is -2.44. The van der Waals surface area contributed by atoms with Gasteiger partial charge in [-0.1, -0.05) is 29.8 Å². The second-order valence-corrected chi connectivity index (χ2v) is 9.32. The Kier molecular flexibility index (Phi) is 9.30. The van der Waals surface area contributed by atoms with E-state index in [1.165, 1.54) is 11.1 Å². The van der Waals surface area contributed by atoms with Gasteiger partial charge in [0.25, 0.3) is 0 Å². The van der Waals surface area contributed by atoms with E-state index in [2.05, 4.69) is 0 Å². The number of Topliss-reactive ketones (excluding diaryl/α,β-unsaturated/α-hetero) is 2. The van der Waals surface area contributed by atoms with E-state index in [9.17, 15) is 24.4 Å². The van der Waals surface area contributed by atoms with Crippen LogP contribution in [0.15, 0.2) is 42.6 Å². The van der Waals surface area contributed by atoms with Gasteiger partial charge in [-0.15, -0.1) is 0 Å². The summed E-state index contributed by atoms with van der Waals surface area (Å²) in [5.74, 6) is -4.06. The number of amides is 1. The first-order valence-corrected chi connectivity index (χ1v) is 12.3. The summed E-state index contributed by atoms with van der Waals surface area (Å²) in [5, 5.41) is 21.1. The van der Waals surface area contributed by atoms with Gasteiger partial charge in [0, 0.05) is 50.4 Å². The summed E-state index contributed by atoms with van der Waals surface area (Å²) in [5.41, 5.74) is 9.33. The predicted molar refractivity (Wildman–Crippen MR) is 132 cm³/mol. The van der Waals surface area contributed by atoms with Crippen LogP contribution >= 0.6 is 0 Å². The van der Waals surface area contributed by atoms with Crippen LogP contribution < -0.4 is 10.5 Å². The van der Waals surface area contributed by atoms with Crippen molar-refractivity contribution in [3.63, 3.8) is 0 Å². The molecule has 3 rings (SSSR count). The molecular formula is C27H33N3O6. The van der Waals surface area contributed by atoms with Crippen molar-refractivity contribution in [2.45, 2.75) is 64.5 Å². The minimum atomic E-state index is -1.60. The highest BCUT2D eigenvalue weighted by Gasteiger charge is 2.38. The zero-order valence-corrected chi connectivity index (χ0v) is 20.5. The summed E-state index contributed by atoms with van der Waals surface area (Å²) >= 11 is 0. The average Bonchev–Trinajstić information content (AvgIpc) is 3.35. The molecule has 192 valence electrons. The number of carboxylic acid groups (broad SMARTS) is 1. The number of aliphatic carboxylic acids is 1. The van der Waals surface area contributed by atoms with E-state index < -0.39 is 36.0 Å². The second kappa shape index (κ2) is 12.4. The standard InChI is InChI=1S/C27H33N3O6/c1-18-7-8-21(17-28)19(15-18)10-12-24(31)23-6-4-13-29(23)26(33)20(16-25(32)27(34)35)9-11-22-5-2-3-14-30(22)36/h2-3,5,7-8,14-15,20,23H,4,6,9-13,16-17,28H2,1H3,(H,34,35)/t20?,23-/m0/s1. The summed E-state index contributed by atoms with van der Waals surface area (Å²) in [6.07, 6.45) is 3.16. The molecule has 1 aromatic carbocycles. The molecule has 2 heterocycles. The van der Waals surface area contributed by atoms with Gasteiger partial charge in [-0.05, 0) is 43.7 Å². The minimum Gasteiger partial charge on any atom is -0.619 e. The second-order valence-electron chi connectivity index (χ2n) is 9.32. The topological polar surface area (TPSA) is 145 Å². The maximum absolute atomic E-state index is 13.5. The van der Waals surface area contributed by atoms with E-state index in [1.54, 1.807) is 18.2 Å². The van der Waals surface area contributed by atoms with Crippen molar-refractivity contribution in [2.75, 3.05) is 6.54 Å². The SMILES string of the molecule is Cc1ccc(CN)c(CCC(=O)[C@@H]2CCCN2C(=O)C(CCc2cccc[n+]2[O-])CC(=O)C(=O)O)c1. The van der Waals surface area contributed by atoms with Crippen LogP contribution in [0, 0.1) is 18.0 Å². The molecule has 9 heteroatoms. The molecule has 9 nitrogen and oxygen atoms in total. The molecule has 2 atom stereocenters. The van der Waals surface area contributed by atoms with Gasteiger partial charge < -0.3 is 20.9 Å². The van der Waals surface area contributed by atoms with E-state index in [1.807, 2.05) is 25.1 Å². The zero-order chi connectivity index (χ0) is 26.2. The highest BCUT2D eigenvalue weighted by atomic mass is 16.5. The molecule has 1 aliphatic heterocycles. The Morgan fingerprint density at radius 3 is 2.64 bits per heavy atom. The fourth-order valence-corrected chi connectivity index (χ4v) is 4.81. The first kappa shape index (κ1) is 27.0. The molecule has 1 unspecified atom stereocenters. The van der Waals surface area contributed by atoms with Gasteiger partial charge in [0.1, 0.15) is 0 Å². The number of hydrogen-bond donors (Lipinski definition) is 2. The number of likely N-dealkylation sites (tertiary alicyclic amines) is 1. The fraction of sp³-hybridized carbons (Fsp3) is 0.444. The molecule has 0 radical (unpaired) electrons.